The molecule has 0 radical (unpaired) electrons. The fourth-order valence-electron chi connectivity index (χ4n) is 5.94. The third-order valence-electron chi connectivity index (χ3n) is 8.13. The van der Waals surface area contributed by atoms with Gasteiger partial charge in [0.1, 0.15) is 0 Å². The van der Waals surface area contributed by atoms with E-state index in [9.17, 15) is 5.26 Å². The van der Waals surface area contributed by atoms with Crippen LogP contribution in [0.15, 0.2) is 24.3 Å². The molecule has 2 aliphatic carbocycles. The summed E-state index contributed by atoms with van der Waals surface area (Å²) in [6.07, 6.45) is 19.4. The van der Waals surface area contributed by atoms with E-state index in [0.29, 0.717) is 5.92 Å². The maximum atomic E-state index is 9.73. The molecule has 1 aromatic rings. The lowest BCUT2D eigenvalue weighted by Gasteiger charge is -2.35. The minimum Gasteiger partial charge on any atom is -0.198 e. The van der Waals surface area contributed by atoms with Crippen molar-refractivity contribution >= 4 is 0 Å². The molecule has 2 aliphatic rings. The van der Waals surface area contributed by atoms with Crippen molar-refractivity contribution in [3.8, 4) is 6.07 Å². The van der Waals surface area contributed by atoms with Gasteiger partial charge in [0, 0.05) is 0 Å². The lowest BCUT2D eigenvalue weighted by atomic mass is 9.67. The molecular weight excluding hydrogens is 350 g/mol. The Morgan fingerprint density at radius 1 is 0.793 bits per heavy atom. The molecule has 0 heterocycles. The van der Waals surface area contributed by atoms with Crippen LogP contribution in [-0.4, -0.2) is 0 Å². The molecule has 1 nitrogen and oxygen atoms in total. The van der Waals surface area contributed by atoms with Crippen molar-refractivity contribution in [3.63, 3.8) is 0 Å². The van der Waals surface area contributed by atoms with Crippen molar-refractivity contribution in [1.82, 2.24) is 0 Å². The fraction of sp³-hybridized carbons (Fsp3) is 0.750. The van der Waals surface area contributed by atoms with E-state index in [2.05, 4.69) is 44.2 Å². The van der Waals surface area contributed by atoms with Crippen LogP contribution in [-0.2, 0) is 0 Å². The number of benzene rings is 1. The molecule has 0 atom stereocenters. The molecule has 0 saturated heterocycles. The highest BCUT2D eigenvalue weighted by Gasteiger charge is 2.35. The second-order valence-electron chi connectivity index (χ2n) is 10.2. The summed E-state index contributed by atoms with van der Waals surface area (Å²) < 4.78 is 0. The van der Waals surface area contributed by atoms with Gasteiger partial charge in [0.25, 0.3) is 0 Å². The van der Waals surface area contributed by atoms with Crippen molar-refractivity contribution in [3.05, 3.63) is 35.4 Å². The van der Waals surface area contributed by atoms with Gasteiger partial charge in [0.15, 0.2) is 0 Å². The van der Waals surface area contributed by atoms with E-state index in [-0.39, 0.29) is 5.41 Å². The molecule has 1 aromatic carbocycles. The summed E-state index contributed by atoms with van der Waals surface area (Å²) in [4.78, 5) is 0. The smallest absolute Gasteiger partial charge is 0.0689 e. The fourth-order valence-corrected chi connectivity index (χ4v) is 5.94. The molecule has 2 saturated carbocycles. The van der Waals surface area contributed by atoms with Crippen molar-refractivity contribution in [2.24, 2.45) is 11.3 Å². The molecular formula is C28H43N. The van der Waals surface area contributed by atoms with E-state index in [1.54, 1.807) is 5.56 Å². The minimum absolute atomic E-state index is 0.0256. The molecule has 3 rings (SSSR count). The molecule has 0 unspecified atom stereocenters. The van der Waals surface area contributed by atoms with Gasteiger partial charge < -0.3 is 0 Å². The van der Waals surface area contributed by atoms with Crippen LogP contribution in [0.3, 0.4) is 0 Å². The molecule has 0 aromatic heterocycles. The first kappa shape index (κ1) is 22.4. The quantitative estimate of drug-likeness (QED) is 0.384. The molecule has 2 fully saturated rings. The van der Waals surface area contributed by atoms with Crippen LogP contribution in [0, 0.1) is 22.7 Å². The molecule has 0 spiro atoms. The highest BCUT2D eigenvalue weighted by Crippen LogP contribution is 2.46. The molecule has 0 aliphatic heterocycles. The number of rotatable bonds is 9. The molecule has 29 heavy (non-hydrogen) atoms. The zero-order valence-corrected chi connectivity index (χ0v) is 19.1. The Hall–Kier alpha value is -1.29. The van der Waals surface area contributed by atoms with Crippen molar-refractivity contribution in [1.29, 1.82) is 5.26 Å². The topological polar surface area (TPSA) is 23.8 Å². The predicted octanol–water partition coefficient (Wildman–Crippen LogP) is 8.90. The van der Waals surface area contributed by atoms with E-state index in [1.807, 2.05) is 0 Å². The van der Waals surface area contributed by atoms with Gasteiger partial charge in [-0.1, -0.05) is 76.6 Å². The minimum atomic E-state index is -0.0256. The van der Waals surface area contributed by atoms with Crippen LogP contribution >= 0.6 is 0 Å². The zero-order valence-electron chi connectivity index (χ0n) is 19.1. The van der Waals surface area contributed by atoms with Crippen molar-refractivity contribution in [2.75, 3.05) is 0 Å². The number of hydrogen-bond acceptors (Lipinski definition) is 1. The largest absolute Gasteiger partial charge is 0.198 e. The molecule has 0 amide bonds. The van der Waals surface area contributed by atoms with Gasteiger partial charge in [-0.15, -0.1) is 0 Å². The highest BCUT2D eigenvalue weighted by atomic mass is 14.4. The highest BCUT2D eigenvalue weighted by molar-refractivity contribution is 5.29. The number of nitrogens with zero attached hydrogens (tertiary/aromatic N) is 1. The maximum absolute atomic E-state index is 9.73. The van der Waals surface area contributed by atoms with E-state index in [0.717, 1.165) is 31.1 Å². The maximum Gasteiger partial charge on any atom is 0.0689 e. The van der Waals surface area contributed by atoms with Crippen molar-refractivity contribution < 1.29 is 0 Å². The van der Waals surface area contributed by atoms with Gasteiger partial charge in [0.05, 0.1) is 11.5 Å². The number of nitriles is 1. The summed E-state index contributed by atoms with van der Waals surface area (Å²) in [7, 11) is 0. The molecule has 1 heteroatoms. The second kappa shape index (κ2) is 11.2. The van der Waals surface area contributed by atoms with E-state index >= 15 is 0 Å². The Morgan fingerprint density at radius 2 is 1.34 bits per heavy atom. The number of unbranched alkanes of at least 4 members (excludes halogenated alkanes) is 3. The SMILES string of the molecule is CCCCCC1CCC(c2ccc(C3CCC(C#N)(CCCC)CC3)cc2)CC1. The van der Waals surface area contributed by atoms with E-state index < -0.39 is 0 Å². The summed E-state index contributed by atoms with van der Waals surface area (Å²) in [6.45, 7) is 4.54. The van der Waals surface area contributed by atoms with Gasteiger partial charge in [-0.2, -0.15) is 5.26 Å². The first-order chi connectivity index (χ1) is 14.2. The summed E-state index contributed by atoms with van der Waals surface area (Å²) in [6, 6.07) is 12.4. The Balaban J connectivity index is 1.48. The average Bonchev–Trinajstić information content (AvgIpc) is 2.79. The first-order valence-corrected chi connectivity index (χ1v) is 12.7. The first-order valence-electron chi connectivity index (χ1n) is 12.7. The van der Waals surface area contributed by atoms with Gasteiger partial charge in [-0.05, 0) is 86.7 Å². The third kappa shape index (κ3) is 6.10. The Labute approximate surface area is 180 Å². The van der Waals surface area contributed by atoms with Crippen LogP contribution in [0.25, 0.3) is 0 Å². The summed E-state index contributed by atoms with van der Waals surface area (Å²) >= 11 is 0. The van der Waals surface area contributed by atoms with E-state index in [4.69, 9.17) is 0 Å². The Morgan fingerprint density at radius 3 is 1.86 bits per heavy atom. The van der Waals surface area contributed by atoms with Gasteiger partial charge >= 0.3 is 0 Å². The van der Waals surface area contributed by atoms with Gasteiger partial charge in [-0.3, -0.25) is 0 Å². The monoisotopic (exact) mass is 393 g/mol. The van der Waals surface area contributed by atoms with E-state index in [1.165, 1.54) is 82.6 Å². The van der Waals surface area contributed by atoms with Gasteiger partial charge in [-0.25, -0.2) is 0 Å². The standard InChI is InChI=1S/C28H43N/c1-3-5-7-8-23-9-11-24(12-10-23)25-13-15-26(16-14-25)27-17-20-28(22-29,21-18-27)19-6-4-2/h13-16,23-24,27H,3-12,17-21H2,1-2H3. The van der Waals surface area contributed by atoms with Crippen molar-refractivity contribution in [2.45, 2.75) is 122 Å². The lowest BCUT2D eigenvalue weighted by Crippen LogP contribution is -2.25. The Bertz CT molecular complexity index is 621. The van der Waals surface area contributed by atoms with Gasteiger partial charge in [0.2, 0.25) is 0 Å². The normalized spacial score (nSPS) is 30.0. The van der Waals surface area contributed by atoms with Crippen LogP contribution in [0.1, 0.15) is 133 Å². The average molecular weight is 394 g/mol. The van der Waals surface area contributed by atoms with Crippen LogP contribution in [0.2, 0.25) is 0 Å². The Kier molecular flexibility index (Phi) is 8.65. The molecule has 0 N–H and O–H groups in total. The molecule has 160 valence electrons. The number of hydrogen-bond donors (Lipinski definition) is 0. The predicted molar refractivity (Wildman–Crippen MR) is 124 cm³/mol. The molecule has 0 bridgehead atoms. The summed E-state index contributed by atoms with van der Waals surface area (Å²) in [5, 5.41) is 9.73. The zero-order chi connectivity index (χ0) is 20.5. The second-order valence-corrected chi connectivity index (χ2v) is 10.2. The third-order valence-corrected chi connectivity index (χ3v) is 8.13. The summed E-state index contributed by atoms with van der Waals surface area (Å²) in [5.41, 5.74) is 3.07. The van der Waals surface area contributed by atoms with Crippen LogP contribution in [0.4, 0.5) is 0 Å². The summed E-state index contributed by atoms with van der Waals surface area (Å²) in [5.74, 6) is 2.45. The van der Waals surface area contributed by atoms with Crippen LogP contribution < -0.4 is 0 Å². The van der Waals surface area contributed by atoms with Crippen LogP contribution in [0.5, 0.6) is 0 Å². The lowest BCUT2D eigenvalue weighted by molar-refractivity contribution is 0.224.